The van der Waals surface area contributed by atoms with Crippen molar-refractivity contribution in [3.8, 4) is 0 Å². The molecular weight excluding hydrogens is 250 g/mol. The Morgan fingerprint density at radius 3 is 2.58 bits per heavy atom. The fourth-order valence-electron chi connectivity index (χ4n) is 2.94. The molecule has 19 heavy (non-hydrogen) atoms. The van der Waals surface area contributed by atoms with Gasteiger partial charge >= 0.3 is 6.09 Å². The Bertz CT molecular complexity index is 429. The van der Waals surface area contributed by atoms with Crippen LogP contribution in [-0.2, 0) is 14.3 Å². The van der Waals surface area contributed by atoms with E-state index in [0.29, 0.717) is 45.3 Å². The van der Waals surface area contributed by atoms with E-state index in [1.165, 1.54) is 0 Å². The number of hydrogen-bond donors (Lipinski definition) is 2. The van der Waals surface area contributed by atoms with E-state index >= 15 is 0 Å². The molecular formula is C12H17N3O4. The molecule has 7 heteroatoms. The third-order valence-electron chi connectivity index (χ3n) is 4.14. The number of carbonyl (C=O) groups excluding carboxylic acids is 3. The predicted octanol–water partition coefficient (Wildman–Crippen LogP) is -0.634. The molecule has 3 aliphatic rings. The van der Waals surface area contributed by atoms with Gasteiger partial charge in [-0.3, -0.25) is 9.59 Å². The maximum absolute atomic E-state index is 12.2. The van der Waals surface area contributed by atoms with Gasteiger partial charge in [-0.25, -0.2) is 4.79 Å². The molecule has 7 nitrogen and oxygen atoms in total. The average Bonchev–Trinajstić information content (AvgIpc) is 2.97. The second-order valence-corrected chi connectivity index (χ2v) is 5.41. The van der Waals surface area contributed by atoms with Gasteiger partial charge in [-0.2, -0.15) is 0 Å². The first-order valence-electron chi connectivity index (χ1n) is 6.63. The summed E-state index contributed by atoms with van der Waals surface area (Å²) in [5.74, 6) is -0.0706. The third kappa shape index (κ3) is 2.24. The molecule has 0 bridgehead atoms. The van der Waals surface area contributed by atoms with Crippen molar-refractivity contribution in [2.45, 2.75) is 37.3 Å². The van der Waals surface area contributed by atoms with Crippen LogP contribution >= 0.6 is 0 Å². The smallest absolute Gasteiger partial charge is 0.407 e. The van der Waals surface area contributed by atoms with Gasteiger partial charge in [-0.1, -0.05) is 0 Å². The Kier molecular flexibility index (Phi) is 2.83. The van der Waals surface area contributed by atoms with Crippen molar-refractivity contribution in [1.82, 2.24) is 15.5 Å². The van der Waals surface area contributed by atoms with Crippen LogP contribution in [-0.4, -0.2) is 54.1 Å². The molecule has 0 aromatic carbocycles. The number of amides is 3. The van der Waals surface area contributed by atoms with E-state index in [0.717, 1.165) is 0 Å². The van der Waals surface area contributed by atoms with Crippen molar-refractivity contribution in [3.63, 3.8) is 0 Å². The lowest BCUT2D eigenvalue weighted by Gasteiger charge is -2.38. The number of alkyl carbamates (subject to hydrolysis) is 1. The molecule has 1 spiro atoms. The third-order valence-corrected chi connectivity index (χ3v) is 4.14. The van der Waals surface area contributed by atoms with Gasteiger partial charge in [0.15, 0.2) is 0 Å². The molecule has 3 aliphatic heterocycles. The molecule has 0 aliphatic carbocycles. The van der Waals surface area contributed by atoms with Crippen molar-refractivity contribution in [3.05, 3.63) is 0 Å². The highest BCUT2D eigenvalue weighted by atomic mass is 16.6. The van der Waals surface area contributed by atoms with Crippen molar-refractivity contribution in [2.24, 2.45) is 0 Å². The molecule has 3 amide bonds. The summed E-state index contributed by atoms with van der Waals surface area (Å²) in [5, 5.41) is 5.35. The minimum atomic E-state index is -0.438. The summed E-state index contributed by atoms with van der Waals surface area (Å²) in [7, 11) is 0. The molecule has 3 heterocycles. The van der Waals surface area contributed by atoms with E-state index in [1.54, 1.807) is 4.90 Å². The fourth-order valence-corrected chi connectivity index (χ4v) is 2.94. The van der Waals surface area contributed by atoms with Gasteiger partial charge in [0.2, 0.25) is 11.8 Å². The number of hydrogen-bond acceptors (Lipinski definition) is 4. The molecule has 3 saturated heterocycles. The normalized spacial score (nSPS) is 29.1. The molecule has 0 radical (unpaired) electrons. The quantitative estimate of drug-likeness (QED) is 0.662. The summed E-state index contributed by atoms with van der Waals surface area (Å²) in [4.78, 5) is 36.2. The van der Waals surface area contributed by atoms with Crippen molar-refractivity contribution >= 4 is 17.9 Å². The van der Waals surface area contributed by atoms with Gasteiger partial charge in [0.05, 0.1) is 6.54 Å². The van der Waals surface area contributed by atoms with Crippen LogP contribution in [0.2, 0.25) is 0 Å². The molecule has 3 fully saturated rings. The Hall–Kier alpha value is -1.79. The number of rotatable bonds is 1. The fraction of sp³-hybridized carbons (Fsp3) is 0.750. The van der Waals surface area contributed by atoms with Crippen molar-refractivity contribution in [2.75, 3.05) is 19.6 Å². The Morgan fingerprint density at radius 2 is 2.05 bits per heavy atom. The first-order valence-corrected chi connectivity index (χ1v) is 6.63. The van der Waals surface area contributed by atoms with Crippen LogP contribution in [0.25, 0.3) is 0 Å². The largest absolute Gasteiger partial charge is 0.441 e. The molecule has 1 atom stereocenters. The minimum absolute atomic E-state index is 0.0158. The van der Waals surface area contributed by atoms with Crippen LogP contribution < -0.4 is 10.6 Å². The lowest BCUT2D eigenvalue weighted by molar-refractivity contribution is -0.137. The Morgan fingerprint density at radius 1 is 1.32 bits per heavy atom. The van der Waals surface area contributed by atoms with Crippen LogP contribution in [0.4, 0.5) is 4.79 Å². The van der Waals surface area contributed by atoms with Gasteiger partial charge in [0, 0.05) is 32.4 Å². The van der Waals surface area contributed by atoms with Gasteiger partial charge < -0.3 is 20.3 Å². The maximum Gasteiger partial charge on any atom is 0.407 e. The van der Waals surface area contributed by atoms with E-state index in [1.807, 2.05) is 0 Å². The second-order valence-electron chi connectivity index (χ2n) is 5.41. The highest BCUT2D eigenvalue weighted by Gasteiger charge is 2.44. The van der Waals surface area contributed by atoms with Crippen LogP contribution in [0, 0.1) is 0 Å². The monoisotopic (exact) mass is 267 g/mol. The molecule has 0 saturated carbocycles. The Labute approximate surface area is 110 Å². The standard InChI is InChI=1S/C12H17N3O4/c16-9-2-1-8(14-9)10(17)15-5-3-12(4-6-15)7-13-11(18)19-12/h8H,1-7H2,(H,13,18)(H,14,16). The highest BCUT2D eigenvalue weighted by molar-refractivity contribution is 5.90. The summed E-state index contributed by atoms with van der Waals surface area (Å²) < 4.78 is 5.30. The zero-order valence-electron chi connectivity index (χ0n) is 10.6. The van der Waals surface area contributed by atoms with Crippen molar-refractivity contribution in [1.29, 1.82) is 0 Å². The number of nitrogens with zero attached hydrogens (tertiary/aromatic N) is 1. The number of likely N-dealkylation sites (tertiary alicyclic amines) is 1. The van der Waals surface area contributed by atoms with Crippen molar-refractivity contribution < 1.29 is 19.1 Å². The topological polar surface area (TPSA) is 87.7 Å². The van der Waals surface area contributed by atoms with Gasteiger partial charge in [-0.05, 0) is 6.42 Å². The maximum atomic E-state index is 12.2. The molecule has 0 aromatic rings. The van der Waals surface area contributed by atoms with Crippen LogP contribution in [0.15, 0.2) is 0 Å². The number of carbonyl (C=O) groups is 3. The summed E-state index contributed by atoms with van der Waals surface area (Å²) in [5.41, 5.74) is -0.438. The number of ether oxygens (including phenoxy) is 1. The van der Waals surface area contributed by atoms with E-state index in [9.17, 15) is 14.4 Å². The SMILES string of the molecule is O=C1CCC(C(=O)N2CCC3(CC2)CNC(=O)O3)N1. The van der Waals surface area contributed by atoms with Gasteiger partial charge in [-0.15, -0.1) is 0 Å². The molecule has 1 unspecified atom stereocenters. The first-order chi connectivity index (χ1) is 9.08. The summed E-state index contributed by atoms with van der Waals surface area (Å²) in [6.45, 7) is 1.66. The van der Waals surface area contributed by atoms with Crippen LogP contribution in [0.1, 0.15) is 25.7 Å². The first kappa shape index (κ1) is 12.3. The van der Waals surface area contributed by atoms with Gasteiger partial charge in [0.25, 0.3) is 0 Å². The Balaban J connectivity index is 1.56. The lowest BCUT2D eigenvalue weighted by Crippen LogP contribution is -2.52. The van der Waals surface area contributed by atoms with E-state index in [4.69, 9.17) is 4.74 Å². The van der Waals surface area contributed by atoms with E-state index < -0.39 is 5.60 Å². The zero-order chi connectivity index (χ0) is 13.5. The highest BCUT2D eigenvalue weighted by Crippen LogP contribution is 2.29. The number of nitrogens with one attached hydrogen (secondary N) is 2. The summed E-state index contributed by atoms with van der Waals surface area (Å²) in [6, 6.07) is -0.370. The zero-order valence-corrected chi connectivity index (χ0v) is 10.6. The average molecular weight is 267 g/mol. The van der Waals surface area contributed by atoms with E-state index in [2.05, 4.69) is 10.6 Å². The summed E-state index contributed by atoms with van der Waals surface area (Å²) >= 11 is 0. The molecule has 0 aromatic heterocycles. The molecule has 2 N–H and O–H groups in total. The minimum Gasteiger partial charge on any atom is -0.441 e. The number of piperidine rings is 1. The molecule has 3 rings (SSSR count). The molecule has 104 valence electrons. The second kappa shape index (κ2) is 4.40. The predicted molar refractivity (Wildman–Crippen MR) is 64.2 cm³/mol. The van der Waals surface area contributed by atoms with E-state index in [-0.39, 0.29) is 23.9 Å². The van der Waals surface area contributed by atoms with Gasteiger partial charge in [0.1, 0.15) is 11.6 Å². The summed E-state index contributed by atoms with van der Waals surface area (Å²) in [6.07, 6.45) is 1.94. The van der Waals surface area contributed by atoms with Crippen LogP contribution in [0.3, 0.4) is 0 Å². The van der Waals surface area contributed by atoms with Crippen LogP contribution in [0.5, 0.6) is 0 Å². The lowest BCUT2D eigenvalue weighted by atomic mass is 9.91.